The number of alkyl halides is 3. The maximum absolute atomic E-state index is 12.4. The molecule has 0 saturated carbocycles. The molecule has 0 aromatic heterocycles. The Balaban J connectivity index is 2.51. The van der Waals surface area contributed by atoms with Gasteiger partial charge in [-0.1, -0.05) is 0 Å². The number of hydrogen-bond donors (Lipinski definition) is 3. The van der Waals surface area contributed by atoms with Gasteiger partial charge in [0.2, 0.25) is 0 Å². The van der Waals surface area contributed by atoms with Crippen LogP contribution < -0.4 is 16.4 Å². The largest absolute Gasteiger partial charge is 0.416 e. The number of benzene rings is 1. The second kappa shape index (κ2) is 6.36. The summed E-state index contributed by atoms with van der Waals surface area (Å²) >= 11 is 0. The predicted octanol–water partition coefficient (Wildman–Crippen LogP) is 1.97. The van der Waals surface area contributed by atoms with Crippen molar-refractivity contribution in [2.24, 2.45) is 0 Å². The molecule has 0 saturated heterocycles. The molecule has 0 radical (unpaired) electrons. The Morgan fingerprint density at radius 1 is 1.30 bits per heavy atom. The van der Waals surface area contributed by atoms with E-state index in [2.05, 4.69) is 10.6 Å². The molecule has 0 atom stereocenters. The fourth-order valence-corrected chi connectivity index (χ4v) is 1.42. The quantitative estimate of drug-likeness (QED) is 0.586. The highest BCUT2D eigenvalue weighted by Crippen LogP contribution is 2.32. The van der Waals surface area contributed by atoms with E-state index in [0.29, 0.717) is 18.8 Å². The SMILES string of the molecule is CN(C)C(=O)NCCNc1ccc(C(F)(F)F)cc1N. The Kier molecular flexibility index (Phi) is 5.06. The van der Waals surface area contributed by atoms with Crippen molar-refractivity contribution in [2.45, 2.75) is 6.18 Å². The van der Waals surface area contributed by atoms with Gasteiger partial charge in [-0.05, 0) is 18.2 Å². The first-order chi connectivity index (χ1) is 9.21. The molecule has 112 valence electrons. The van der Waals surface area contributed by atoms with Crippen molar-refractivity contribution in [3.05, 3.63) is 23.8 Å². The minimum atomic E-state index is -4.41. The third kappa shape index (κ3) is 4.52. The van der Waals surface area contributed by atoms with Crippen LogP contribution in [0.4, 0.5) is 29.3 Å². The molecule has 4 N–H and O–H groups in total. The van der Waals surface area contributed by atoms with Crippen LogP contribution in [0, 0.1) is 0 Å². The molecule has 1 rings (SSSR count). The normalized spacial score (nSPS) is 11.1. The lowest BCUT2D eigenvalue weighted by Crippen LogP contribution is -2.37. The van der Waals surface area contributed by atoms with Crippen molar-refractivity contribution in [3.8, 4) is 0 Å². The number of carbonyl (C=O) groups is 1. The van der Waals surface area contributed by atoms with E-state index in [1.807, 2.05) is 0 Å². The number of rotatable bonds is 4. The maximum Gasteiger partial charge on any atom is 0.416 e. The smallest absolute Gasteiger partial charge is 0.397 e. The minimum Gasteiger partial charge on any atom is -0.397 e. The number of nitrogens with two attached hydrogens (primary N) is 1. The van der Waals surface area contributed by atoms with Crippen LogP contribution in [0.1, 0.15) is 5.56 Å². The van der Waals surface area contributed by atoms with Gasteiger partial charge in [0.05, 0.1) is 16.9 Å². The van der Waals surface area contributed by atoms with E-state index in [1.165, 1.54) is 11.0 Å². The summed E-state index contributed by atoms with van der Waals surface area (Å²) in [5, 5.41) is 5.47. The molecule has 2 amide bonds. The standard InChI is InChI=1S/C12H17F3N4O/c1-19(2)11(20)18-6-5-17-10-4-3-8(7-9(10)16)12(13,14)15/h3-4,7,17H,5-6,16H2,1-2H3,(H,18,20). The summed E-state index contributed by atoms with van der Waals surface area (Å²) in [4.78, 5) is 12.6. The van der Waals surface area contributed by atoms with Crippen LogP contribution in [0.25, 0.3) is 0 Å². The number of anilines is 2. The van der Waals surface area contributed by atoms with Crippen molar-refractivity contribution in [3.63, 3.8) is 0 Å². The van der Waals surface area contributed by atoms with Gasteiger partial charge >= 0.3 is 12.2 Å². The number of hydrogen-bond acceptors (Lipinski definition) is 3. The Hall–Kier alpha value is -2.12. The first-order valence-electron chi connectivity index (χ1n) is 5.87. The van der Waals surface area contributed by atoms with E-state index >= 15 is 0 Å². The van der Waals surface area contributed by atoms with E-state index in [4.69, 9.17) is 5.73 Å². The first-order valence-corrected chi connectivity index (χ1v) is 5.87. The summed E-state index contributed by atoms with van der Waals surface area (Å²) in [7, 11) is 3.22. The second-order valence-electron chi connectivity index (χ2n) is 4.35. The summed E-state index contributed by atoms with van der Waals surface area (Å²) in [6, 6.07) is 2.86. The second-order valence-corrected chi connectivity index (χ2v) is 4.35. The van der Waals surface area contributed by atoms with Crippen molar-refractivity contribution < 1.29 is 18.0 Å². The van der Waals surface area contributed by atoms with Crippen molar-refractivity contribution in [1.29, 1.82) is 0 Å². The molecule has 0 fully saturated rings. The summed E-state index contributed by atoms with van der Waals surface area (Å²) < 4.78 is 37.3. The average Bonchev–Trinajstić information content (AvgIpc) is 2.34. The van der Waals surface area contributed by atoms with Gasteiger partial charge in [0.1, 0.15) is 0 Å². The highest BCUT2D eigenvalue weighted by molar-refractivity contribution is 5.73. The third-order valence-electron chi connectivity index (χ3n) is 2.50. The van der Waals surface area contributed by atoms with Crippen molar-refractivity contribution >= 4 is 17.4 Å². The molecule has 1 aromatic carbocycles. The fourth-order valence-electron chi connectivity index (χ4n) is 1.42. The molecule has 20 heavy (non-hydrogen) atoms. The molecule has 0 heterocycles. The molecule has 0 bridgehead atoms. The molecular formula is C12H17F3N4O. The third-order valence-corrected chi connectivity index (χ3v) is 2.50. The van der Waals surface area contributed by atoms with Gasteiger partial charge in [-0.15, -0.1) is 0 Å². The molecular weight excluding hydrogens is 273 g/mol. The van der Waals surface area contributed by atoms with Gasteiger partial charge in [-0.2, -0.15) is 13.2 Å². The van der Waals surface area contributed by atoms with E-state index in [1.54, 1.807) is 14.1 Å². The number of carbonyl (C=O) groups excluding carboxylic acids is 1. The summed E-state index contributed by atoms with van der Waals surface area (Å²) in [5.74, 6) is 0. The highest BCUT2D eigenvalue weighted by Gasteiger charge is 2.30. The van der Waals surface area contributed by atoms with Crippen molar-refractivity contribution in [1.82, 2.24) is 10.2 Å². The number of nitrogen functional groups attached to an aromatic ring is 1. The number of nitrogens with zero attached hydrogens (tertiary/aromatic N) is 1. The molecule has 0 aliphatic heterocycles. The molecule has 0 spiro atoms. The Morgan fingerprint density at radius 2 is 1.95 bits per heavy atom. The van der Waals surface area contributed by atoms with Gasteiger partial charge in [0.15, 0.2) is 0 Å². The monoisotopic (exact) mass is 290 g/mol. The number of urea groups is 1. The van der Waals surface area contributed by atoms with E-state index < -0.39 is 11.7 Å². The van der Waals surface area contributed by atoms with Gasteiger partial charge in [0.25, 0.3) is 0 Å². The van der Waals surface area contributed by atoms with Gasteiger partial charge in [-0.25, -0.2) is 4.79 Å². The Morgan fingerprint density at radius 3 is 2.45 bits per heavy atom. The van der Waals surface area contributed by atoms with E-state index in [-0.39, 0.29) is 11.7 Å². The van der Waals surface area contributed by atoms with Crippen LogP contribution in [0.5, 0.6) is 0 Å². The zero-order valence-corrected chi connectivity index (χ0v) is 11.2. The zero-order valence-electron chi connectivity index (χ0n) is 11.2. The van der Waals surface area contributed by atoms with E-state index in [9.17, 15) is 18.0 Å². The van der Waals surface area contributed by atoms with Gasteiger partial charge < -0.3 is 21.3 Å². The molecule has 0 unspecified atom stereocenters. The van der Waals surface area contributed by atoms with Crippen LogP contribution in [-0.4, -0.2) is 38.1 Å². The molecule has 0 aliphatic carbocycles. The first kappa shape index (κ1) is 15.9. The maximum atomic E-state index is 12.4. The van der Waals surface area contributed by atoms with Crippen LogP contribution in [-0.2, 0) is 6.18 Å². The van der Waals surface area contributed by atoms with Crippen LogP contribution in [0.3, 0.4) is 0 Å². The zero-order chi connectivity index (χ0) is 15.3. The predicted molar refractivity (Wildman–Crippen MR) is 71.4 cm³/mol. The summed E-state index contributed by atoms with van der Waals surface area (Å²) in [5.41, 5.74) is 5.17. The Labute approximate surface area is 114 Å². The highest BCUT2D eigenvalue weighted by atomic mass is 19.4. The molecule has 0 aliphatic rings. The number of halogens is 3. The topological polar surface area (TPSA) is 70.4 Å². The average molecular weight is 290 g/mol. The lowest BCUT2D eigenvalue weighted by molar-refractivity contribution is -0.137. The van der Waals surface area contributed by atoms with Gasteiger partial charge in [-0.3, -0.25) is 0 Å². The van der Waals surface area contributed by atoms with Crippen LogP contribution in [0.2, 0.25) is 0 Å². The molecule has 1 aromatic rings. The lowest BCUT2D eigenvalue weighted by atomic mass is 10.1. The lowest BCUT2D eigenvalue weighted by Gasteiger charge is -2.14. The van der Waals surface area contributed by atoms with Gasteiger partial charge in [0, 0.05) is 27.2 Å². The van der Waals surface area contributed by atoms with Crippen molar-refractivity contribution in [2.75, 3.05) is 38.2 Å². The fraction of sp³-hybridized carbons (Fsp3) is 0.417. The van der Waals surface area contributed by atoms with Crippen LogP contribution in [0.15, 0.2) is 18.2 Å². The number of nitrogens with one attached hydrogen (secondary N) is 2. The molecule has 8 heteroatoms. The summed E-state index contributed by atoms with van der Waals surface area (Å²) in [6.07, 6.45) is -4.41. The molecule has 5 nitrogen and oxygen atoms in total. The number of amides is 2. The minimum absolute atomic E-state index is 0.0127. The van der Waals surface area contributed by atoms with E-state index in [0.717, 1.165) is 12.1 Å². The van der Waals surface area contributed by atoms with Crippen LogP contribution >= 0.6 is 0 Å². The summed E-state index contributed by atoms with van der Waals surface area (Å²) in [6.45, 7) is 0.687. The Bertz CT molecular complexity index is 474.